The van der Waals surface area contributed by atoms with Gasteiger partial charge in [-0.25, -0.2) is 0 Å². The van der Waals surface area contributed by atoms with E-state index in [4.69, 9.17) is 16.0 Å². The van der Waals surface area contributed by atoms with E-state index < -0.39 is 0 Å². The maximum absolute atomic E-state index is 8.87. The molecular formula is C12H20N4O2. The Hall–Kier alpha value is -1.82. The summed E-state index contributed by atoms with van der Waals surface area (Å²) in [5.74, 6) is 0.0471. The van der Waals surface area contributed by atoms with E-state index in [2.05, 4.69) is 10.1 Å². The van der Waals surface area contributed by atoms with Crippen molar-refractivity contribution < 1.29 is 10.3 Å². The Bertz CT molecular complexity index is 446. The normalized spacial score (nSPS) is 11.7. The number of aromatic nitrogens is 1. The monoisotopic (exact) mass is 252 g/mol. The molecule has 0 saturated carbocycles. The molecule has 6 heteroatoms. The quantitative estimate of drug-likeness (QED) is 0.309. The molecule has 0 aliphatic heterocycles. The molecule has 0 bridgehead atoms. The van der Waals surface area contributed by atoms with Gasteiger partial charge in [0.2, 0.25) is 0 Å². The van der Waals surface area contributed by atoms with Crippen LogP contribution in [0.3, 0.4) is 0 Å². The molecule has 0 amide bonds. The molecular weight excluding hydrogens is 232 g/mol. The SMILES string of the molecule is Cc1cc(N(C)CCCO)c(/C(N)=N/O)c(C)n1. The van der Waals surface area contributed by atoms with Crippen LogP contribution < -0.4 is 10.6 Å². The second-order valence-electron chi connectivity index (χ2n) is 4.23. The molecule has 1 rings (SSSR count). The molecule has 0 fully saturated rings. The summed E-state index contributed by atoms with van der Waals surface area (Å²) in [7, 11) is 1.90. The number of amidine groups is 1. The molecule has 0 atom stereocenters. The first-order valence-corrected chi connectivity index (χ1v) is 5.79. The maximum Gasteiger partial charge on any atom is 0.174 e. The molecule has 1 heterocycles. The number of pyridine rings is 1. The zero-order valence-electron chi connectivity index (χ0n) is 11.0. The number of anilines is 1. The van der Waals surface area contributed by atoms with Gasteiger partial charge in [-0.15, -0.1) is 0 Å². The average molecular weight is 252 g/mol. The molecule has 0 spiro atoms. The Morgan fingerprint density at radius 2 is 2.17 bits per heavy atom. The minimum absolute atomic E-state index is 0.0471. The largest absolute Gasteiger partial charge is 0.409 e. The van der Waals surface area contributed by atoms with Gasteiger partial charge in [0.25, 0.3) is 0 Å². The number of rotatable bonds is 5. The highest BCUT2D eigenvalue weighted by molar-refractivity contribution is 6.03. The summed E-state index contributed by atoms with van der Waals surface area (Å²) in [4.78, 5) is 6.28. The molecule has 0 radical (unpaired) electrons. The molecule has 6 nitrogen and oxygen atoms in total. The average Bonchev–Trinajstić information content (AvgIpc) is 2.34. The number of nitrogens with two attached hydrogens (primary N) is 1. The van der Waals surface area contributed by atoms with E-state index in [9.17, 15) is 0 Å². The summed E-state index contributed by atoms with van der Waals surface area (Å²) in [5, 5.41) is 20.8. The van der Waals surface area contributed by atoms with Crippen LogP contribution in [-0.2, 0) is 0 Å². The third-order valence-electron chi connectivity index (χ3n) is 2.73. The van der Waals surface area contributed by atoms with Gasteiger partial charge in [0.05, 0.1) is 16.9 Å². The third kappa shape index (κ3) is 3.10. The maximum atomic E-state index is 8.87. The second kappa shape index (κ2) is 6.20. The van der Waals surface area contributed by atoms with Crippen molar-refractivity contribution >= 4 is 11.5 Å². The first-order chi connectivity index (χ1) is 8.51. The van der Waals surface area contributed by atoms with Crippen LogP contribution in [0.2, 0.25) is 0 Å². The minimum Gasteiger partial charge on any atom is -0.409 e. The van der Waals surface area contributed by atoms with E-state index in [1.54, 1.807) is 0 Å². The van der Waals surface area contributed by atoms with Crippen molar-refractivity contribution in [3.63, 3.8) is 0 Å². The Morgan fingerprint density at radius 3 is 2.72 bits per heavy atom. The number of aryl methyl sites for hydroxylation is 2. The Kier molecular flexibility index (Phi) is 4.91. The van der Waals surface area contributed by atoms with Gasteiger partial charge in [-0.2, -0.15) is 0 Å². The fourth-order valence-corrected chi connectivity index (χ4v) is 1.90. The van der Waals surface area contributed by atoms with Gasteiger partial charge in [-0.1, -0.05) is 5.16 Å². The highest BCUT2D eigenvalue weighted by Gasteiger charge is 2.15. The number of hydrogen-bond donors (Lipinski definition) is 3. The van der Waals surface area contributed by atoms with Crippen LogP contribution in [0.15, 0.2) is 11.2 Å². The van der Waals surface area contributed by atoms with Gasteiger partial charge < -0.3 is 20.9 Å². The van der Waals surface area contributed by atoms with Crippen LogP contribution in [0.25, 0.3) is 0 Å². The number of nitrogens with zero attached hydrogens (tertiary/aromatic N) is 3. The van der Waals surface area contributed by atoms with Crippen LogP contribution in [-0.4, -0.2) is 41.3 Å². The van der Waals surface area contributed by atoms with Gasteiger partial charge in [0.15, 0.2) is 5.84 Å². The van der Waals surface area contributed by atoms with Gasteiger partial charge >= 0.3 is 0 Å². The lowest BCUT2D eigenvalue weighted by Gasteiger charge is -2.23. The van der Waals surface area contributed by atoms with Gasteiger partial charge in [-0.05, 0) is 26.3 Å². The van der Waals surface area contributed by atoms with Crippen molar-refractivity contribution in [1.82, 2.24) is 4.98 Å². The molecule has 1 aromatic heterocycles. The van der Waals surface area contributed by atoms with Crippen molar-refractivity contribution in [3.8, 4) is 0 Å². The minimum atomic E-state index is 0.0471. The van der Waals surface area contributed by atoms with E-state index in [-0.39, 0.29) is 12.4 Å². The van der Waals surface area contributed by atoms with Crippen LogP contribution in [0.1, 0.15) is 23.4 Å². The highest BCUT2D eigenvalue weighted by atomic mass is 16.4. The lowest BCUT2D eigenvalue weighted by Crippen LogP contribution is -2.26. The topological polar surface area (TPSA) is 95.0 Å². The standard InChI is InChI=1S/C12H20N4O2/c1-8-7-10(16(3)5-4-6-17)11(9(2)14-8)12(13)15-18/h7,17-18H,4-6H2,1-3H3,(H2,13,15). The number of aliphatic hydroxyl groups is 1. The molecule has 0 aliphatic carbocycles. The van der Waals surface area contributed by atoms with E-state index in [0.717, 1.165) is 17.1 Å². The van der Waals surface area contributed by atoms with Crippen LogP contribution >= 0.6 is 0 Å². The molecule has 1 aromatic rings. The van der Waals surface area contributed by atoms with Crippen molar-refractivity contribution in [2.24, 2.45) is 10.9 Å². The summed E-state index contributed by atoms with van der Waals surface area (Å²) < 4.78 is 0. The Balaban J connectivity index is 3.23. The van der Waals surface area contributed by atoms with Gasteiger partial charge in [0.1, 0.15) is 0 Å². The van der Waals surface area contributed by atoms with E-state index in [1.165, 1.54) is 0 Å². The van der Waals surface area contributed by atoms with E-state index in [0.29, 0.717) is 18.5 Å². The molecule has 100 valence electrons. The zero-order valence-corrected chi connectivity index (χ0v) is 11.0. The number of hydrogen-bond acceptors (Lipinski definition) is 5. The molecule has 4 N–H and O–H groups in total. The van der Waals surface area contributed by atoms with Crippen LogP contribution in [0.5, 0.6) is 0 Å². The summed E-state index contributed by atoms with van der Waals surface area (Å²) in [6.45, 7) is 4.54. The van der Waals surface area contributed by atoms with E-state index in [1.807, 2.05) is 31.9 Å². The Morgan fingerprint density at radius 1 is 1.50 bits per heavy atom. The number of aliphatic hydroxyl groups excluding tert-OH is 1. The molecule has 0 aliphatic rings. The van der Waals surface area contributed by atoms with Crippen LogP contribution in [0.4, 0.5) is 5.69 Å². The summed E-state index contributed by atoms with van der Waals surface area (Å²) in [5.41, 5.74) is 8.76. The zero-order chi connectivity index (χ0) is 13.7. The van der Waals surface area contributed by atoms with Gasteiger partial charge in [0, 0.05) is 25.9 Å². The summed E-state index contributed by atoms with van der Waals surface area (Å²) in [6, 6.07) is 1.89. The third-order valence-corrected chi connectivity index (χ3v) is 2.73. The van der Waals surface area contributed by atoms with Crippen molar-refractivity contribution in [3.05, 3.63) is 23.0 Å². The Labute approximate surface area is 107 Å². The van der Waals surface area contributed by atoms with Crippen LogP contribution in [0, 0.1) is 13.8 Å². The van der Waals surface area contributed by atoms with E-state index >= 15 is 0 Å². The smallest absolute Gasteiger partial charge is 0.174 e. The number of oxime groups is 1. The predicted molar refractivity (Wildman–Crippen MR) is 71.2 cm³/mol. The molecule has 0 unspecified atom stereocenters. The molecule has 18 heavy (non-hydrogen) atoms. The lowest BCUT2D eigenvalue weighted by molar-refractivity contribution is 0.290. The highest BCUT2D eigenvalue weighted by Crippen LogP contribution is 2.23. The summed E-state index contributed by atoms with van der Waals surface area (Å²) >= 11 is 0. The predicted octanol–water partition coefficient (Wildman–Crippen LogP) is 0.612. The van der Waals surface area contributed by atoms with Crippen molar-refractivity contribution in [1.29, 1.82) is 0 Å². The summed E-state index contributed by atoms with van der Waals surface area (Å²) in [6.07, 6.45) is 0.659. The second-order valence-corrected chi connectivity index (χ2v) is 4.23. The fraction of sp³-hybridized carbons (Fsp3) is 0.500. The molecule has 0 aromatic carbocycles. The first-order valence-electron chi connectivity index (χ1n) is 5.79. The lowest BCUT2D eigenvalue weighted by atomic mass is 10.1. The first kappa shape index (κ1) is 14.2. The van der Waals surface area contributed by atoms with Gasteiger partial charge in [-0.3, -0.25) is 4.98 Å². The molecule has 0 saturated heterocycles. The fourth-order valence-electron chi connectivity index (χ4n) is 1.90. The van der Waals surface area contributed by atoms with Crippen molar-refractivity contribution in [2.75, 3.05) is 25.1 Å². The van der Waals surface area contributed by atoms with Crippen molar-refractivity contribution in [2.45, 2.75) is 20.3 Å².